The van der Waals surface area contributed by atoms with Crippen LogP contribution in [0.5, 0.6) is 11.5 Å². The largest absolute Gasteiger partial charge is 0.493 e. The standard InChI is InChI=1S/C16H17ClO3/c1-18-15-8-7-14(10-17)9-16(15)20-12-19-11-13-5-3-2-4-6-13/h2-9H,10-12H2,1H3. The van der Waals surface area contributed by atoms with E-state index in [9.17, 15) is 0 Å². The zero-order chi connectivity index (χ0) is 14.2. The zero-order valence-electron chi connectivity index (χ0n) is 11.3. The Balaban J connectivity index is 1.87. The van der Waals surface area contributed by atoms with Gasteiger partial charge in [-0.05, 0) is 23.3 Å². The van der Waals surface area contributed by atoms with E-state index in [1.807, 2.05) is 48.5 Å². The molecule has 3 nitrogen and oxygen atoms in total. The minimum atomic E-state index is 0.164. The summed E-state index contributed by atoms with van der Waals surface area (Å²) >= 11 is 5.81. The van der Waals surface area contributed by atoms with Gasteiger partial charge in [-0.15, -0.1) is 11.6 Å². The van der Waals surface area contributed by atoms with Crippen LogP contribution in [0.25, 0.3) is 0 Å². The zero-order valence-corrected chi connectivity index (χ0v) is 12.1. The molecule has 4 heteroatoms. The fourth-order valence-electron chi connectivity index (χ4n) is 1.76. The van der Waals surface area contributed by atoms with Gasteiger partial charge >= 0.3 is 0 Å². The van der Waals surface area contributed by atoms with Crippen molar-refractivity contribution < 1.29 is 14.2 Å². The molecule has 0 saturated carbocycles. The van der Waals surface area contributed by atoms with Crippen LogP contribution in [0.2, 0.25) is 0 Å². The summed E-state index contributed by atoms with van der Waals surface area (Å²) in [5, 5.41) is 0. The summed E-state index contributed by atoms with van der Waals surface area (Å²) in [6.07, 6.45) is 0. The number of rotatable bonds is 7. The molecule has 0 bridgehead atoms. The van der Waals surface area contributed by atoms with E-state index in [0.717, 1.165) is 11.1 Å². The molecule has 0 N–H and O–H groups in total. The number of hydrogen-bond donors (Lipinski definition) is 0. The Morgan fingerprint density at radius 1 is 0.950 bits per heavy atom. The predicted octanol–water partition coefficient (Wildman–Crippen LogP) is 3.99. The first-order valence-electron chi connectivity index (χ1n) is 6.31. The van der Waals surface area contributed by atoms with Crippen molar-refractivity contribution >= 4 is 11.6 Å². The number of alkyl halides is 1. The summed E-state index contributed by atoms with van der Waals surface area (Å²) in [4.78, 5) is 0. The van der Waals surface area contributed by atoms with Gasteiger partial charge < -0.3 is 14.2 Å². The highest BCUT2D eigenvalue weighted by Crippen LogP contribution is 2.28. The van der Waals surface area contributed by atoms with Crippen LogP contribution in [-0.4, -0.2) is 13.9 Å². The Labute approximate surface area is 124 Å². The quantitative estimate of drug-likeness (QED) is 0.439. The first-order chi connectivity index (χ1) is 9.83. The molecule has 0 saturated heterocycles. The van der Waals surface area contributed by atoms with Gasteiger partial charge in [0.15, 0.2) is 18.3 Å². The van der Waals surface area contributed by atoms with Crippen molar-refractivity contribution in [2.75, 3.05) is 13.9 Å². The third-order valence-corrected chi connectivity index (χ3v) is 3.10. The number of methoxy groups -OCH3 is 1. The number of ether oxygens (including phenoxy) is 3. The first-order valence-corrected chi connectivity index (χ1v) is 6.84. The molecule has 0 unspecified atom stereocenters. The van der Waals surface area contributed by atoms with Crippen LogP contribution in [0.1, 0.15) is 11.1 Å². The lowest BCUT2D eigenvalue weighted by atomic mass is 10.2. The molecule has 0 heterocycles. The minimum Gasteiger partial charge on any atom is -0.493 e. The molecule has 0 radical (unpaired) electrons. The second kappa shape index (κ2) is 7.78. The molecule has 0 amide bonds. The maximum atomic E-state index is 5.81. The van der Waals surface area contributed by atoms with E-state index in [4.69, 9.17) is 25.8 Å². The van der Waals surface area contributed by atoms with Crippen LogP contribution in [0.4, 0.5) is 0 Å². The van der Waals surface area contributed by atoms with Gasteiger partial charge in [0.25, 0.3) is 0 Å². The van der Waals surface area contributed by atoms with E-state index < -0.39 is 0 Å². The average molecular weight is 293 g/mol. The molecular weight excluding hydrogens is 276 g/mol. The second-order valence-corrected chi connectivity index (χ2v) is 4.48. The van der Waals surface area contributed by atoms with Crippen LogP contribution in [0.3, 0.4) is 0 Å². The molecule has 0 aliphatic rings. The molecule has 20 heavy (non-hydrogen) atoms. The van der Waals surface area contributed by atoms with Crippen LogP contribution in [0.15, 0.2) is 48.5 Å². The highest BCUT2D eigenvalue weighted by molar-refractivity contribution is 6.17. The van der Waals surface area contributed by atoms with E-state index in [2.05, 4.69) is 0 Å². The summed E-state index contributed by atoms with van der Waals surface area (Å²) < 4.78 is 16.3. The summed E-state index contributed by atoms with van der Waals surface area (Å²) in [6.45, 7) is 0.676. The Kier molecular flexibility index (Phi) is 5.71. The fraction of sp³-hybridized carbons (Fsp3) is 0.250. The molecule has 0 aliphatic heterocycles. The van der Waals surface area contributed by atoms with E-state index in [1.165, 1.54) is 0 Å². The molecule has 0 fully saturated rings. The van der Waals surface area contributed by atoms with Gasteiger partial charge in [0.05, 0.1) is 13.7 Å². The molecule has 0 aromatic heterocycles. The molecule has 106 valence electrons. The molecule has 2 aromatic rings. The van der Waals surface area contributed by atoms with Gasteiger partial charge in [-0.1, -0.05) is 36.4 Å². The highest BCUT2D eigenvalue weighted by Gasteiger charge is 2.05. The van der Waals surface area contributed by atoms with Crippen LogP contribution in [0, 0.1) is 0 Å². The van der Waals surface area contributed by atoms with Gasteiger partial charge in [-0.3, -0.25) is 0 Å². The van der Waals surface area contributed by atoms with Crippen LogP contribution in [-0.2, 0) is 17.2 Å². The predicted molar refractivity (Wildman–Crippen MR) is 79.3 cm³/mol. The highest BCUT2D eigenvalue weighted by atomic mass is 35.5. The molecule has 0 spiro atoms. The molecule has 0 aliphatic carbocycles. The number of halogens is 1. The maximum absolute atomic E-state index is 5.81. The van der Waals surface area contributed by atoms with Gasteiger partial charge in [0.2, 0.25) is 0 Å². The molecule has 2 aromatic carbocycles. The van der Waals surface area contributed by atoms with Crippen molar-refractivity contribution in [1.29, 1.82) is 0 Å². The smallest absolute Gasteiger partial charge is 0.189 e. The van der Waals surface area contributed by atoms with E-state index in [0.29, 0.717) is 24.0 Å². The Bertz CT molecular complexity index is 529. The lowest BCUT2D eigenvalue weighted by Crippen LogP contribution is -2.04. The van der Waals surface area contributed by atoms with Crippen molar-refractivity contribution in [3.8, 4) is 11.5 Å². The minimum absolute atomic E-state index is 0.164. The SMILES string of the molecule is COc1ccc(CCl)cc1OCOCc1ccccc1. The third kappa shape index (κ3) is 4.15. The molecule has 0 atom stereocenters. The van der Waals surface area contributed by atoms with Crippen molar-refractivity contribution in [1.82, 2.24) is 0 Å². The summed E-state index contributed by atoms with van der Waals surface area (Å²) in [6, 6.07) is 15.6. The van der Waals surface area contributed by atoms with Gasteiger partial charge in [-0.25, -0.2) is 0 Å². The fourth-order valence-corrected chi connectivity index (χ4v) is 1.92. The normalized spacial score (nSPS) is 10.3. The Hall–Kier alpha value is -1.71. The summed E-state index contributed by atoms with van der Waals surface area (Å²) in [5.74, 6) is 1.74. The Morgan fingerprint density at radius 3 is 2.45 bits per heavy atom. The average Bonchev–Trinajstić information content (AvgIpc) is 2.52. The van der Waals surface area contributed by atoms with Crippen molar-refractivity contribution in [2.24, 2.45) is 0 Å². The van der Waals surface area contributed by atoms with E-state index >= 15 is 0 Å². The lowest BCUT2D eigenvalue weighted by Gasteiger charge is -2.12. The monoisotopic (exact) mass is 292 g/mol. The van der Waals surface area contributed by atoms with Gasteiger partial charge in [-0.2, -0.15) is 0 Å². The molecule has 2 rings (SSSR count). The topological polar surface area (TPSA) is 27.7 Å². The number of benzene rings is 2. The van der Waals surface area contributed by atoms with Crippen molar-refractivity contribution in [3.63, 3.8) is 0 Å². The number of hydrogen-bond acceptors (Lipinski definition) is 3. The van der Waals surface area contributed by atoms with Gasteiger partial charge in [0, 0.05) is 5.88 Å². The van der Waals surface area contributed by atoms with Crippen molar-refractivity contribution in [2.45, 2.75) is 12.5 Å². The van der Waals surface area contributed by atoms with E-state index in [-0.39, 0.29) is 6.79 Å². The van der Waals surface area contributed by atoms with Crippen LogP contribution >= 0.6 is 11.6 Å². The summed E-state index contributed by atoms with van der Waals surface area (Å²) in [7, 11) is 1.60. The first kappa shape index (κ1) is 14.7. The van der Waals surface area contributed by atoms with Crippen LogP contribution < -0.4 is 9.47 Å². The van der Waals surface area contributed by atoms with Crippen molar-refractivity contribution in [3.05, 3.63) is 59.7 Å². The maximum Gasteiger partial charge on any atom is 0.189 e. The third-order valence-electron chi connectivity index (χ3n) is 2.79. The molecular formula is C16H17ClO3. The lowest BCUT2D eigenvalue weighted by molar-refractivity contribution is 0.00373. The Morgan fingerprint density at radius 2 is 1.75 bits per heavy atom. The summed E-state index contributed by atoms with van der Waals surface area (Å²) in [5.41, 5.74) is 2.09. The second-order valence-electron chi connectivity index (χ2n) is 4.22. The van der Waals surface area contributed by atoms with Gasteiger partial charge in [0.1, 0.15) is 0 Å². The van der Waals surface area contributed by atoms with E-state index in [1.54, 1.807) is 7.11 Å².